The lowest BCUT2D eigenvalue weighted by molar-refractivity contribution is -0.183. The third-order valence-electron chi connectivity index (χ3n) is 3.31. The summed E-state index contributed by atoms with van der Waals surface area (Å²) >= 11 is 0. The second-order valence-corrected chi connectivity index (χ2v) is 4.25. The molecule has 0 N–H and O–H groups in total. The van der Waals surface area contributed by atoms with Crippen molar-refractivity contribution in [2.24, 2.45) is 0 Å². The summed E-state index contributed by atoms with van der Waals surface area (Å²) in [4.78, 5) is 1.46. The molecule has 1 nitrogen and oxygen atoms in total. The van der Waals surface area contributed by atoms with E-state index in [1.54, 1.807) is 0 Å². The average molecular weight is 189 g/mol. The number of rotatable bonds is 1. The van der Waals surface area contributed by atoms with Crippen LogP contribution in [0.1, 0.15) is 44.9 Å². The first-order chi connectivity index (χ1) is 6.20. The molecule has 1 saturated heterocycles. The molecular weight excluding hydrogens is 172 g/mol. The predicted octanol–water partition coefficient (Wildman–Crippen LogP) is 3.01. The molecule has 0 aromatic heterocycles. The van der Waals surface area contributed by atoms with Gasteiger partial charge in [-0.2, -0.15) is 8.78 Å². The van der Waals surface area contributed by atoms with E-state index in [0.29, 0.717) is 13.0 Å². The molecule has 0 bridgehead atoms. The molecule has 2 rings (SSSR count). The summed E-state index contributed by atoms with van der Waals surface area (Å²) in [5.74, 6) is 0. The number of hydrogen-bond acceptors (Lipinski definition) is 1. The molecule has 3 heteroatoms. The zero-order chi connectivity index (χ0) is 9.31. The van der Waals surface area contributed by atoms with Gasteiger partial charge in [0.05, 0.1) is 0 Å². The van der Waals surface area contributed by atoms with Crippen LogP contribution in [0.2, 0.25) is 0 Å². The van der Waals surface area contributed by atoms with Crippen molar-refractivity contribution in [1.82, 2.24) is 4.90 Å². The van der Waals surface area contributed by atoms with Crippen LogP contribution in [0.5, 0.6) is 0 Å². The third-order valence-corrected chi connectivity index (χ3v) is 3.31. The summed E-state index contributed by atoms with van der Waals surface area (Å²) in [5, 5.41) is 0. The number of piperidine rings is 1. The van der Waals surface area contributed by atoms with Crippen molar-refractivity contribution in [3.05, 3.63) is 0 Å². The highest BCUT2D eigenvalue weighted by molar-refractivity contribution is 4.85. The van der Waals surface area contributed by atoms with E-state index in [-0.39, 0.29) is 12.5 Å². The maximum atomic E-state index is 13.4. The van der Waals surface area contributed by atoms with Crippen LogP contribution in [-0.2, 0) is 0 Å². The molecule has 2 fully saturated rings. The van der Waals surface area contributed by atoms with E-state index in [0.717, 1.165) is 32.1 Å². The molecule has 0 aromatic rings. The molecule has 0 aromatic carbocycles. The van der Waals surface area contributed by atoms with Gasteiger partial charge in [0.25, 0.3) is 0 Å². The van der Waals surface area contributed by atoms with Crippen LogP contribution >= 0.6 is 0 Å². The van der Waals surface area contributed by atoms with Crippen molar-refractivity contribution in [1.29, 1.82) is 0 Å². The van der Waals surface area contributed by atoms with E-state index in [4.69, 9.17) is 0 Å². The molecule has 0 amide bonds. The summed E-state index contributed by atoms with van der Waals surface area (Å²) in [7, 11) is 0. The number of alkyl halides is 2. The molecule has 1 saturated carbocycles. The highest BCUT2D eigenvalue weighted by atomic mass is 19.3. The van der Waals surface area contributed by atoms with Crippen LogP contribution in [0.4, 0.5) is 8.78 Å². The zero-order valence-corrected chi connectivity index (χ0v) is 7.94. The van der Waals surface area contributed by atoms with Gasteiger partial charge in [-0.15, -0.1) is 0 Å². The lowest BCUT2D eigenvalue weighted by Crippen LogP contribution is -2.50. The maximum Gasteiger partial charge on any atom is 0.305 e. The Balaban J connectivity index is 2.02. The van der Waals surface area contributed by atoms with Gasteiger partial charge in [0, 0.05) is 19.0 Å². The number of likely N-dealkylation sites (tertiary alicyclic amines) is 1. The SMILES string of the molecule is FC1(F)CCCCN1C1CCCC1. The smallest absolute Gasteiger partial charge is 0.242 e. The minimum Gasteiger partial charge on any atom is -0.242 e. The first-order valence-corrected chi connectivity index (χ1v) is 5.35. The van der Waals surface area contributed by atoms with Crippen LogP contribution in [0.3, 0.4) is 0 Å². The highest BCUT2D eigenvalue weighted by Crippen LogP contribution is 2.37. The van der Waals surface area contributed by atoms with Crippen LogP contribution in [0, 0.1) is 0 Å². The van der Waals surface area contributed by atoms with Gasteiger partial charge in [-0.05, 0) is 25.7 Å². The minimum absolute atomic E-state index is 0.0729. The third kappa shape index (κ3) is 1.85. The van der Waals surface area contributed by atoms with Gasteiger partial charge in [-0.25, -0.2) is 4.90 Å². The number of nitrogens with zero attached hydrogens (tertiary/aromatic N) is 1. The molecule has 0 spiro atoms. The fraction of sp³-hybridized carbons (Fsp3) is 1.00. The Hall–Kier alpha value is -0.180. The Labute approximate surface area is 78.1 Å². The Morgan fingerprint density at radius 1 is 1.00 bits per heavy atom. The molecular formula is C10H17F2N. The summed E-state index contributed by atoms with van der Waals surface area (Å²) in [6.07, 6.45) is 5.95. The second kappa shape index (κ2) is 3.52. The fourth-order valence-corrected chi connectivity index (χ4v) is 2.59. The van der Waals surface area contributed by atoms with Gasteiger partial charge in [0.2, 0.25) is 0 Å². The molecule has 0 atom stereocenters. The number of hydrogen-bond donors (Lipinski definition) is 0. The minimum atomic E-state index is -2.51. The Kier molecular flexibility index (Phi) is 2.54. The van der Waals surface area contributed by atoms with Crippen molar-refractivity contribution in [3.8, 4) is 0 Å². The quantitative estimate of drug-likeness (QED) is 0.573. The molecule has 1 heterocycles. The van der Waals surface area contributed by atoms with E-state index in [2.05, 4.69) is 0 Å². The van der Waals surface area contributed by atoms with E-state index in [1.165, 1.54) is 4.90 Å². The van der Waals surface area contributed by atoms with Crippen molar-refractivity contribution >= 4 is 0 Å². The lowest BCUT2D eigenvalue weighted by Gasteiger charge is -2.39. The van der Waals surface area contributed by atoms with Crippen molar-refractivity contribution in [2.45, 2.75) is 57.0 Å². The normalized spacial score (nSPS) is 30.9. The average Bonchev–Trinajstić information content (AvgIpc) is 2.55. The molecule has 76 valence electrons. The summed E-state index contributed by atoms with van der Waals surface area (Å²) < 4.78 is 26.9. The van der Waals surface area contributed by atoms with Gasteiger partial charge in [-0.1, -0.05) is 12.8 Å². The largest absolute Gasteiger partial charge is 0.305 e. The number of halogens is 2. The van der Waals surface area contributed by atoms with E-state index >= 15 is 0 Å². The summed E-state index contributed by atoms with van der Waals surface area (Å²) in [6, 6.07) is -2.33. The van der Waals surface area contributed by atoms with Crippen LogP contribution in [0.25, 0.3) is 0 Å². The van der Waals surface area contributed by atoms with E-state index in [1.807, 2.05) is 0 Å². The van der Waals surface area contributed by atoms with Crippen LogP contribution in [0.15, 0.2) is 0 Å². The molecule has 2 aliphatic rings. The zero-order valence-electron chi connectivity index (χ0n) is 7.94. The Morgan fingerprint density at radius 2 is 1.69 bits per heavy atom. The second-order valence-electron chi connectivity index (χ2n) is 4.25. The standard InChI is InChI=1S/C10H17F2N/c11-10(12)7-3-4-8-13(10)9-5-1-2-6-9/h9H,1-8H2. The van der Waals surface area contributed by atoms with Crippen molar-refractivity contribution < 1.29 is 8.78 Å². The van der Waals surface area contributed by atoms with Gasteiger partial charge < -0.3 is 0 Å². The van der Waals surface area contributed by atoms with Crippen LogP contribution in [-0.4, -0.2) is 23.5 Å². The van der Waals surface area contributed by atoms with Crippen LogP contribution < -0.4 is 0 Å². The maximum absolute atomic E-state index is 13.4. The van der Waals surface area contributed by atoms with Gasteiger partial charge in [0.15, 0.2) is 0 Å². The van der Waals surface area contributed by atoms with Crippen molar-refractivity contribution in [3.63, 3.8) is 0 Å². The topological polar surface area (TPSA) is 3.24 Å². The van der Waals surface area contributed by atoms with Gasteiger partial charge in [-0.3, -0.25) is 0 Å². The van der Waals surface area contributed by atoms with Gasteiger partial charge >= 0.3 is 6.05 Å². The van der Waals surface area contributed by atoms with E-state index in [9.17, 15) is 8.78 Å². The Morgan fingerprint density at radius 3 is 2.31 bits per heavy atom. The van der Waals surface area contributed by atoms with Gasteiger partial charge in [0.1, 0.15) is 0 Å². The molecule has 13 heavy (non-hydrogen) atoms. The van der Waals surface area contributed by atoms with E-state index < -0.39 is 6.05 Å². The molecule has 0 unspecified atom stereocenters. The summed E-state index contributed by atoms with van der Waals surface area (Å²) in [6.45, 7) is 0.609. The Bertz CT molecular complexity index is 176. The first-order valence-electron chi connectivity index (χ1n) is 5.35. The predicted molar refractivity (Wildman–Crippen MR) is 47.8 cm³/mol. The molecule has 1 aliphatic heterocycles. The molecule has 1 aliphatic carbocycles. The monoisotopic (exact) mass is 189 g/mol. The molecule has 0 radical (unpaired) electrons. The van der Waals surface area contributed by atoms with Crippen molar-refractivity contribution in [2.75, 3.05) is 6.54 Å². The highest BCUT2D eigenvalue weighted by Gasteiger charge is 2.43. The first kappa shape index (κ1) is 9.38. The lowest BCUT2D eigenvalue weighted by atomic mass is 10.1. The fourth-order valence-electron chi connectivity index (χ4n) is 2.59. The summed E-state index contributed by atoms with van der Waals surface area (Å²) in [5.41, 5.74) is 0.